The van der Waals surface area contributed by atoms with Crippen LogP contribution in [0.25, 0.3) is 0 Å². The van der Waals surface area contributed by atoms with E-state index in [1.54, 1.807) is 11.3 Å². The molecule has 0 aromatic carbocycles. The summed E-state index contributed by atoms with van der Waals surface area (Å²) < 4.78 is 5.61. The second kappa shape index (κ2) is 11.5. The molecule has 5 nitrogen and oxygen atoms in total. The lowest BCUT2D eigenvalue weighted by Crippen LogP contribution is -2.39. The van der Waals surface area contributed by atoms with Crippen LogP contribution in [0.15, 0.2) is 10.4 Å². The number of guanidine groups is 1. The Morgan fingerprint density at radius 2 is 2.12 bits per heavy atom. The Kier molecular flexibility index (Phi) is 9.40. The van der Waals surface area contributed by atoms with Crippen molar-refractivity contribution in [2.24, 2.45) is 10.4 Å². The summed E-state index contributed by atoms with van der Waals surface area (Å²) in [5, 5.41) is 10.2. The molecule has 0 radical (unpaired) electrons. The third kappa shape index (κ3) is 7.23. The van der Waals surface area contributed by atoms with E-state index < -0.39 is 0 Å². The van der Waals surface area contributed by atoms with Gasteiger partial charge in [0.1, 0.15) is 0 Å². The molecule has 0 saturated heterocycles. The van der Waals surface area contributed by atoms with E-state index in [-0.39, 0.29) is 0 Å². The molecule has 1 aliphatic carbocycles. The first-order valence-corrected chi connectivity index (χ1v) is 11.1. The highest BCUT2D eigenvalue weighted by atomic mass is 32.1. The monoisotopic (exact) mass is 380 g/mol. The maximum absolute atomic E-state index is 5.61. The molecule has 1 fully saturated rings. The molecule has 26 heavy (non-hydrogen) atoms. The summed E-state index contributed by atoms with van der Waals surface area (Å²) in [7, 11) is 0. The van der Waals surface area contributed by atoms with Crippen LogP contribution >= 0.6 is 11.3 Å². The van der Waals surface area contributed by atoms with E-state index in [1.165, 1.54) is 30.7 Å². The predicted molar refractivity (Wildman–Crippen MR) is 111 cm³/mol. The first kappa shape index (κ1) is 21.2. The number of aromatic nitrogens is 1. The molecule has 2 rings (SSSR count). The number of aryl methyl sites for hydroxylation is 2. The molecule has 1 aromatic rings. The Morgan fingerprint density at radius 1 is 1.31 bits per heavy atom. The van der Waals surface area contributed by atoms with E-state index >= 15 is 0 Å². The van der Waals surface area contributed by atoms with Crippen LogP contribution in [0.3, 0.4) is 0 Å². The fourth-order valence-electron chi connectivity index (χ4n) is 3.60. The zero-order chi connectivity index (χ0) is 18.7. The molecular weight excluding hydrogens is 344 g/mol. The van der Waals surface area contributed by atoms with Gasteiger partial charge < -0.3 is 15.4 Å². The van der Waals surface area contributed by atoms with E-state index in [0.29, 0.717) is 5.41 Å². The third-order valence-corrected chi connectivity index (χ3v) is 6.11. The molecule has 0 amide bonds. The van der Waals surface area contributed by atoms with E-state index in [4.69, 9.17) is 9.73 Å². The minimum absolute atomic E-state index is 0.343. The molecule has 1 heterocycles. The van der Waals surface area contributed by atoms with Crippen LogP contribution < -0.4 is 10.6 Å². The van der Waals surface area contributed by atoms with Crippen molar-refractivity contribution in [3.05, 3.63) is 16.1 Å². The quantitative estimate of drug-likeness (QED) is 0.347. The highest BCUT2D eigenvalue weighted by molar-refractivity contribution is 7.09. The zero-order valence-electron chi connectivity index (χ0n) is 16.8. The van der Waals surface area contributed by atoms with E-state index in [9.17, 15) is 0 Å². The van der Waals surface area contributed by atoms with Crippen LogP contribution in [-0.2, 0) is 11.2 Å². The predicted octanol–water partition coefficient (Wildman–Crippen LogP) is 3.93. The first-order valence-electron chi connectivity index (χ1n) is 10.2. The Labute approximate surface area is 163 Å². The van der Waals surface area contributed by atoms with Gasteiger partial charge in [-0.3, -0.25) is 4.99 Å². The summed E-state index contributed by atoms with van der Waals surface area (Å²) in [5.74, 6) is 0.950. The van der Waals surface area contributed by atoms with Gasteiger partial charge in [0.2, 0.25) is 0 Å². The SMILES string of the molecule is CCNC(=NCC1(CCOCC)CCCC1)NCCCc1nc(C)cs1. The number of rotatable bonds is 11. The smallest absolute Gasteiger partial charge is 0.191 e. The summed E-state index contributed by atoms with van der Waals surface area (Å²) in [4.78, 5) is 9.45. The van der Waals surface area contributed by atoms with E-state index in [1.807, 2.05) is 0 Å². The minimum Gasteiger partial charge on any atom is -0.382 e. The maximum atomic E-state index is 5.61. The van der Waals surface area contributed by atoms with Crippen LogP contribution in [0.5, 0.6) is 0 Å². The average Bonchev–Trinajstić information content (AvgIpc) is 3.26. The highest BCUT2D eigenvalue weighted by Crippen LogP contribution is 2.41. The van der Waals surface area contributed by atoms with Gasteiger partial charge in [-0.1, -0.05) is 12.8 Å². The van der Waals surface area contributed by atoms with Gasteiger partial charge in [0.15, 0.2) is 5.96 Å². The third-order valence-electron chi connectivity index (χ3n) is 5.09. The van der Waals surface area contributed by atoms with Gasteiger partial charge in [0.05, 0.1) is 5.01 Å². The average molecular weight is 381 g/mol. The lowest BCUT2D eigenvalue weighted by atomic mass is 9.83. The van der Waals surface area contributed by atoms with Crippen molar-refractivity contribution < 1.29 is 4.74 Å². The van der Waals surface area contributed by atoms with Crippen LogP contribution in [0, 0.1) is 12.3 Å². The molecule has 6 heteroatoms. The standard InChI is InChI=1S/C20H36N4OS/c1-4-21-19(22-13-8-9-18-24-17(3)15-26-18)23-16-20(10-6-7-11-20)12-14-25-5-2/h15H,4-14,16H2,1-3H3,(H2,21,22,23). The molecule has 1 aliphatic rings. The fourth-order valence-corrected chi connectivity index (χ4v) is 4.42. The summed E-state index contributed by atoms with van der Waals surface area (Å²) >= 11 is 1.76. The Hall–Kier alpha value is -1.14. The highest BCUT2D eigenvalue weighted by Gasteiger charge is 2.33. The lowest BCUT2D eigenvalue weighted by Gasteiger charge is -2.27. The molecule has 2 N–H and O–H groups in total. The fraction of sp³-hybridized carbons (Fsp3) is 0.800. The van der Waals surface area contributed by atoms with Crippen molar-refractivity contribution in [2.45, 2.75) is 65.7 Å². The molecule has 0 aliphatic heterocycles. The summed E-state index contributed by atoms with van der Waals surface area (Å²) in [6.07, 6.45) is 8.47. The molecule has 1 aromatic heterocycles. The molecule has 0 unspecified atom stereocenters. The van der Waals surface area contributed by atoms with Gasteiger partial charge >= 0.3 is 0 Å². The van der Waals surface area contributed by atoms with E-state index in [2.05, 4.69) is 41.8 Å². The zero-order valence-corrected chi connectivity index (χ0v) is 17.6. The van der Waals surface area contributed by atoms with Crippen LogP contribution in [0.2, 0.25) is 0 Å². The number of nitrogens with one attached hydrogen (secondary N) is 2. The van der Waals surface area contributed by atoms with Crippen LogP contribution in [0.4, 0.5) is 0 Å². The molecule has 148 valence electrons. The lowest BCUT2D eigenvalue weighted by molar-refractivity contribution is 0.107. The Balaban J connectivity index is 1.79. The summed E-state index contributed by atoms with van der Waals surface area (Å²) in [6, 6.07) is 0. The largest absolute Gasteiger partial charge is 0.382 e. The van der Waals surface area contributed by atoms with Crippen molar-refractivity contribution in [2.75, 3.05) is 32.8 Å². The second-order valence-electron chi connectivity index (χ2n) is 7.26. The number of hydrogen-bond acceptors (Lipinski definition) is 4. The first-order chi connectivity index (χ1) is 12.7. The number of ether oxygens (including phenoxy) is 1. The Bertz CT molecular complexity index is 538. The minimum atomic E-state index is 0.343. The number of thiazole rings is 1. The van der Waals surface area contributed by atoms with Crippen LogP contribution in [-0.4, -0.2) is 43.8 Å². The molecule has 0 bridgehead atoms. The van der Waals surface area contributed by atoms with Crippen LogP contribution in [0.1, 0.15) is 63.1 Å². The summed E-state index contributed by atoms with van der Waals surface area (Å²) in [5.41, 5.74) is 1.47. The van der Waals surface area contributed by atoms with Gasteiger partial charge in [-0.25, -0.2) is 4.98 Å². The Morgan fingerprint density at radius 3 is 2.77 bits per heavy atom. The van der Waals surface area contributed by atoms with Gasteiger partial charge in [-0.15, -0.1) is 11.3 Å². The number of nitrogens with zero attached hydrogens (tertiary/aromatic N) is 2. The number of hydrogen-bond donors (Lipinski definition) is 2. The van der Waals surface area contributed by atoms with Crippen molar-refractivity contribution in [1.82, 2.24) is 15.6 Å². The topological polar surface area (TPSA) is 58.5 Å². The van der Waals surface area contributed by atoms with E-state index in [0.717, 1.165) is 63.8 Å². The second-order valence-corrected chi connectivity index (χ2v) is 8.20. The normalized spacial score (nSPS) is 16.8. The van der Waals surface area contributed by atoms with Crippen molar-refractivity contribution >= 4 is 17.3 Å². The maximum Gasteiger partial charge on any atom is 0.191 e. The number of aliphatic imine (C=N–C) groups is 1. The van der Waals surface area contributed by atoms with Gasteiger partial charge in [-0.2, -0.15) is 0 Å². The molecule has 1 saturated carbocycles. The van der Waals surface area contributed by atoms with Crippen molar-refractivity contribution in [1.29, 1.82) is 0 Å². The van der Waals surface area contributed by atoms with Crippen molar-refractivity contribution in [3.63, 3.8) is 0 Å². The summed E-state index contributed by atoms with van der Waals surface area (Å²) in [6.45, 7) is 10.6. The van der Waals surface area contributed by atoms with Crippen molar-refractivity contribution in [3.8, 4) is 0 Å². The van der Waals surface area contributed by atoms with Gasteiger partial charge in [0.25, 0.3) is 0 Å². The van der Waals surface area contributed by atoms with Gasteiger partial charge in [0, 0.05) is 50.3 Å². The molecule has 0 spiro atoms. The molecular formula is C20H36N4OS. The molecule has 0 atom stereocenters. The van der Waals surface area contributed by atoms with Gasteiger partial charge in [-0.05, 0) is 51.9 Å².